The number of nitrogens with zero attached hydrogens (tertiary/aromatic N) is 1. The van der Waals surface area contributed by atoms with Crippen LogP contribution in [0.25, 0.3) is 0 Å². The Morgan fingerprint density at radius 2 is 2.00 bits per heavy atom. The molecule has 21 heavy (non-hydrogen) atoms. The molecule has 1 heterocycles. The number of amides is 3. The molecule has 1 saturated heterocycles. The molecule has 112 valence electrons. The summed E-state index contributed by atoms with van der Waals surface area (Å²) in [5.41, 5.74) is 1.15. The molecule has 0 bridgehead atoms. The van der Waals surface area contributed by atoms with E-state index in [0.29, 0.717) is 24.5 Å². The van der Waals surface area contributed by atoms with Gasteiger partial charge in [0, 0.05) is 24.8 Å². The molecule has 1 aromatic rings. The standard InChI is InChI=1S/C14H17N3O4/c1-10(18)15-11-4-2-5-12(8-11)16-13(19)9-17-6-3-7-21-14(17)20/h2,4-5,8H,3,6-7,9H2,1H3,(H,15,18)(H,16,19). The second-order valence-corrected chi connectivity index (χ2v) is 4.70. The van der Waals surface area contributed by atoms with Crippen LogP contribution in [0.5, 0.6) is 0 Å². The SMILES string of the molecule is CC(=O)Nc1cccc(NC(=O)CN2CCCOC2=O)c1. The molecule has 0 aromatic heterocycles. The highest BCUT2D eigenvalue weighted by Gasteiger charge is 2.21. The molecule has 0 spiro atoms. The average Bonchev–Trinajstić information content (AvgIpc) is 2.41. The smallest absolute Gasteiger partial charge is 0.410 e. The first kappa shape index (κ1) is 14.8. The predicted molar refractivity (Wildman–Crippen MR) is 76.9 cm³/mol. The quantitative estimate of drug-likeness (QED) is 0.878. The van der Waals surface area contributed by atoms with Crippen LogP contribution in [-0.2, 0) is 14.3 Å². The number of rotatable bonds is 4. The van der Waals surface area contributed by atoms with Gasteiger partial charge < -0.3 is 15.4 Å². The average molecular weight is 291 g/mol. The molecule has 1 aliphatic rings. The third-order valence-corrected chi connectivity index (χ3v) is 2.86. The van der Waals surface area contributed by atoms with Crippen LogP contribution in [0.15, 0.2) is 24.3 Å². The van der Waals surface area contributed by atoms with E-state index < -0.39 is 6.09 Å². The van der Waals surface area contributed by atoms with Gasteiger partial charge in [0.1, 0.15) is 6.54 Å². The summed E-state index contributed by atoms with van der Waals surface area (Å²) < 4.78 is 4.86. The molecule has 0 aliphatic carbocycles. The van der Waals surface area contributed by atoms with E-state index in [2.05, 4.69) is 10.6 Å². The van der Waals surface area contributed by atoms with E-state index in [4.69, 9.17) is 4.74 Å². The van der Waals surface area contributed by atoms with E-state index in [-0.39, 0.29) is 18.4 Å². The zero-order valence-electron chi connectivity index (χ0n) is 11.7. The number of carbonyl (C=O) groups is 3. The maximum absolute atomic E-state index is 11.9. The lowest BCUT2D eigenvalue weighted by Crippen LogP contribution is -2.42. The van der Waals surface area contributed by atoms with E-state index >= 15 is 0 Å². The zero-order valence-corrected chi connectivity index (χ0v) is 11.7. The number of hydrogen-bond donors (Lipinski definition) is 2. The number of carbonyl (C=O) groups excluding carboxylic acids is 3. The first-order valence-corrected chi connectivity index (χ1v) is 6.64. The fraction of sp³-hybridized carbons (Fsp3) is 0.357. The monoisotopic (exact) mass is 291 g/mol. The van der Waals surface area contributed by atoms with Gasteiger partial charge in [-0.25, -0.2) is 4.79 Å². The van der Waals surface area contributed by atoms with Gasteiger partial charge in [-0.05, 0) is 24.6 Å². The Bertz CT molecular complexity index is 559. The van der Waals surface area contributed by atoms with Gasteiger partial charge in [-0.15, -0.1) is 0 Å². The molecule has 1 fully saturated rings. The van der Waals surface area contributed by atoms with Gasteiger partial charge >= 0.3 is 6.09 Å². The Morgan fingerprint density at radius 1 is 1.29 bits per heavy atom. The minimum atomic E-state index is -0.469. The second-order valence-electron chi connectivity index (χ2n) is 4.70. The van der Waals surface area contributed by atoms with Gasteiger partial charge in [-0.3, -0.25) is 14.5 Å². The van der Waals surface area contributed by atoms with Crippen molar-refractivity contribution in [2.45, 2.75) is 13.3 Å². The fourth-order valence-electron chi connectivity index (χ4n) is 1.99. The Morgan fingerprint density at radius 3 is 2.67 bits per heavy atom. The minimum absolute atomic E-state index is 0.0524. The molecule has 7 heteroatoms. The lowest BCUT2D eigenvalue weighted by molar-refractivity contribution is -0.117. The van der Waals surface area contributed by atoms with Crippen molar-refractivity contribution >= 4 is 29.3 Å². The van der Waals surface area contributed by atoms with Crippen LogP contribution in [0.1, 0.15) is 13.3 Å². The summed E-state index contributed by atoms with van der Waals surface area (Å²) in [4.78, 5) is 35.7. The topological polar surface area (TPSA) is 87.7 Å². The number of nitrogens with one attached hydrogen (secondary N) is 2. The molecule has 0 atom stereocenters. The minimum Gasteiger partial charge on any atom is -0.449 e. The van der Waals surface area contributed by atoms with Crippen molar-refractivity contribution in [3.05, 3.63) is 24.3 Å². The van der Waals surface area contributed by atoms with Crippen molar-refractivity contribution < 1.29 is 19.1 Å². The van der Waals surface area contributed by atoms with Crippen LogP contribution in [0.4, 0.5) is 16.2 Å². The summed E-state index contributed by atoms with van der Waals surface area (Å²) in [6.45, 7) is 2.27. The van der Waals surface area contributed by atoms with E-state index in [1.807, 2.05) is 0 Å². The number of cyclic esters (lactones) is 1. The molecule has 0 saturated carbocycles. The molecule has 3 amide bonds. The van der Waals surface area contributed by atoms with Crippen LogP contribution in [0.3, 0.4) is 0 Å². The Labute approximate surface area is 122 Å². The highest BCUT2D eigenvalue weighted by atomic mass is 16.6. The van der Waals surface area contributed by atoms with E-state index in [0.717, 1.165) is 6.42 Å². The summed E-state index contributed by atoms with van der Waals surface area (Å²) in [5.74, 6) is -0.497. The molecular formula is C14H17N3O4. The van der Waals surface area contributed by atoms with Gasteiger partial charge in [0.2, 0.25) is 11.8 Å². The lowest BCUT2D eigenvalue weighted by atomic mass is 10.2. The van der Waals surface area contributed by atoms with Gasteiger partial charge in [0.05, 0.1) is 6.61 Å². The largest absolute Gasteiger partial charge is 0.449 e. The number of ether oxygens (including phenoxy) is 1. The highest BCUT2D eigenvalue weighted by molar-refractivity contribution is 5.95. The van der Waals surface area contributed by atoms with Gasteiger partial charge in [0.15, 0.2) is 0 Å². The first-order chi connectivity index (χ1) is 10.0. The number of anilines is 2. The molecule has 7 nitrogen and oxygen atoms in total. The Balaban J connectivity index is 1.92. The fourth-order valence-corrected chi connectivity index (χ4v) is 1.99. The lowest BCUT2D eigenvalue weighted by Gasteiger charge is -2.25. The van der Waals surface area contributed by atoms with Crippen LogP contribution in [0, 0.1) is 0 Å². The highest BCUT2D eigenvalue weighted by Crippen LogP contribution is 2.15. The first-order valence-electron chi connectivity index (χ1n) is 6.64. The summed E-state index contributed by atoms with van der Waals surface area (Å²) >= 11 is 0. The normalized spacial score (nSPS) is 14.3. The molecule has 2 N–H and O–H groups in total. The van der Waals surface area contributed by atoms with Crippen LogP contribution in [-0.4, -0.2) is 42.5 Å². The summed E-state index contributed by atoms with van der Waals surface area (Å²) in [6.07, 6.45) is 0.250. The van der Waals surface area contributed by atoms with Crippen molar-refractivity contribution in [1.82, 2.24) is 4.90 Å². The molecule has 1 aliphatic heterocycles. The maximum atomic E-state index is 11.9. The Kier molecular flexibility index (Phi) is 4.76. The van der Waals surface area contributed by atoms with Crippen molar-refractivity contribution in [1.29, 1.82) is 0 Å². The molecule has 0 radical (unpaired) electrons. The van der Waals surface area contributed by atoms with Gasteiger partial charge in [-0.1, -0.05) is 6.07 Å². The summed E-state index contributed by atoms with van der Waals surface area (Å²) in [7, 11) is 0. The van der Waals surface area contributed by atoms with Crippen LogP contribution >= 0.6 is 0 Å². The molecule has 2 rings (SSSR count). The van der Waals surface area contributed by atoms with Gasteiger partial charge in [0.25, 0.3) is 0 Å². The van der Waals surface area contributed by atoms with Gasteiger partial charge in [-0.2, -0.15) is 0 Å². The van der Waals surface area contributed by atoms with E-state index in [1.54, 1.807) is 24.3 Å². The van der Waals surface area contributed by atoms with E-state index in [1.165, 1.54) is 11.8 Å². The Hall–Kier alpha value is -2.57. The van der Waals surface area contributed by atoms with Crippen molar-refractivity contribution in [3.8, 4) is 0 Å². The summed E-state index contributed by atoms with van der Waals surface area (Å²) in [5, 5.41) is 5.32. The molecular weight excluding hydrogens is 274 g/mol. The van der Waals surface area contributed by atoms with Crippen molar-refractivity contribution in [2.75, 3.05) is 30.3 Å². The second kappa shape index (κ2) is 6.74. The van der Waals surface area contributed by atoms with Crippen LogP contribution in [0.2, 0.25) is 0 Å². The predicted octanol–water partition coefficient (Wildman–Crippen LogP) is 1.43. The molecule has 0 unspecified atom stereocenters. The number of hydrogen-bond acceptors (Lipinski definition) is 4. The molecule has 1 aromatic carbocycles. The van der Waals surface area contributed by atoms with Crippen molar-refractivity contribution in [2.24, 2.45) is 0 Å². The maximum Gasteiger partial charge on any atom is 0.410 e. The van der Waals surface area contributed by atoms with E-state index in [9.17, 15) is 14.4 Å². The zero-order chi connectivity index (χ0) is 15.2. The van der Waals surface area contributed by atoms with Crippen LogP contribution < -0.4 is 10.6 Å². The third-order valence-electron chi connectivity index (χ3n) is 2.86. The summed E-state index contributed by atoms with van der Waals surface area (Å²) in [6, 6.07) is 6.79. The number of benzene rings is 1. The third kappa shape index (κ3) is 4.48. The van der Waals surface area contributed by atoms with Crippen molar-refractivity contribution in [3.63, 3.8) is 0 Å².